The van der Waals surface area contributed by atoms with Gasteiger partial charge in [-0.25, -0.2) is 10.2 Å². The number of hydrogen-bond donors (Lipinski definition) is 8. The first-order valence-corrected chi connectivity index (χ1v) is 22.3. The quantitative estimate of drug-likeness (QED) is 0.0242. The number of carboxylic acid groups (broad SMARTS) is 3. The van der Waals surface area contributed by atoms with Crippen molar-refractivity contribution in [3.05, 3.63) is 0 Å². The van der Waals surface area contributed by atoms with E-state index in [-0.39, 0.29) is 44.3 Å². The maximum Gasteiger partial charge on any atom is 0.326 e. The molecule has 0 aliphatic rings. The molecule has 0 aromatic heterocycles. The Morgan fingerprint density at radius 3 is 1.28 bits per heavy atom. The van der Waals surface area contributed by atoms with Crippen LogP contribution in [0.25, 0.3) is 0 Å². The van der Waals surface area contributed by atoms with Gasteiger partial charge in [0.15, 0.2) is 0 Å². The third kappa shape index (κ3) is 40.0. The summed E-state index contributed by atoms with van der Waals surface area (Å²) in [6.07, 6.45) is 20.9. The van der Waals surface area contributed by atoms with Gasteiger partial charge in [0.1, 0.15) is 12.1 Å². The average molecular weight is 862 g/mol. The monoisotopic (exact) mass is 862 g/mol. The highest BCUT2D eigenvalue weighted by Crippen LogP contribution is 2.14. The minimum Gasteiger partial charge on any atom is -0.481 e. The van der Waals surface area contributed by atoms with Crippen LogP contribution in [0.5, 0.6) is 0 Å². The molecule has 60 heavy (non-hydrogen) atoms. The van der Waals surface area contributed by atoms with Crippen molar-refractivity contribution in [2.24, 2.45) is 5.84 Å². The highest BCUT2D eigenvalue weighted by Gasteiger charge is 2.21. The van der Waals surface area contributed by atoms with Crippen molar-refractivity contribution in [3.8, 4) is 0 Å². The van der Waals surface area contributed by atoms with Gasteiger partial charge in [-0.2, -0.15) is 0 Å². The van der Waals surface area contributed by atoms with Crippen LogP contribution in [0.3, 0.4) is 0 Å². The van der Waals surface area contributed by atoms with Crippen LogP contribution in [0.2, 0.25) is 0 Å². The molecular formula is C42H79N5O13. The zero-order chi connectivity index (χ0) is 44.3. The summed E-state index contributed by atoms with van der Waals surface area (Å²) in [4.78, 5) is 69.2. The topological polar surface area (TPSA) is 274 Å². The second-order valence-corrected chi connectivity index (χ2v) is 15.0. The van der Waals surface area contributed by atoms with E-state index in [1.54, 1.807) is 0 Å². The Bertz CT molecular complexity index is 1120. The lowest BCUT2D eigenvalue weighted by Crippen LogP contribution is -2.42. The van der Waals surface area contributed by atoms with E-state index in [1.165, 1.54) is 70.6 Å². The largest absolute Gasteiger partial charge is 0.481 e. The first-order chi connectivity index (χ1) is 29.1. The molecular weight excluding hydrogens is 782 g/mol. The Kier molecular flexibility index (Phi) is 39.9. The van der Waals surface area contributed by atoms with Crippen molar-refractivity contribution in [1.29, 1.82) is 0 Å². The van der Waals surface area contributed by atoms with Crippen LogP contribution in [0.15, 0.2) is 0 Å². The number of aliphatic carboxylic acids is 3. The molecule has 9 N–H and O–H groups in total. The minimum atomic E-state index is -1.25. The Balaban J connectivity index is 3.50. The Hall–Kier alpha value is -3.42. The molecule has 0 aromatic rings. The molecule has 0 rings (SSSR count). The zero-order valence-electron chi connectivity index (χ0n) is 36.2. The third-order valence-corrected chi connectivity index (χ3v) is 9.74. The Morgan fingerprint density at radius 1 is 0.400 bits per heavy atom. The van der Waals surface area contributed by atoms with Crippen molar-refractivity contribution < 1.29 is 63.0 Å². The second-order valence-electron chi connectivity index (χ2n) is 15.0. The molecule has 0 spiro atoms. The van der Waals surface area contributed by atoms with Gasteiger partial charge in [0.2, 0.25) is 17.7 Å². The summed E-state index contributed by atoms with van der Waals surface area (Å²) in [5.74, 6) is 1.35. The van der Waals surface area contributed by atoms with E-state index in [2.05, 4.69) is 21.4 Å². The molecule has 0 saturated heterocycles. The molecule has 0 bridgehead atoms. The third-order valence-electron chi connectivity index (χ3n) is 9.74. The van der Waals surface area contributed by atoms with E-state index >= 15 is 0 Å². The molecule has 0 radical (unpaired) electrons. The molecule has 3 amide bonds. The van der Waals surface area contributed by atoms with Crippen LogP contribution < -0.4 is 27.2 Å². The number of carbonyl (C=O) groups excluding carboxylic acids is 3. The molecule has 2 atom stereocenters. The molecule has 18 heteroatoms. The number of rotatable bonds is 46. The summed E-state index contributed by atoms with van der Waals surface area (Å²) >= 11 is 0. The highest BCUT2D eigenvalue weighted by atomic mass is 16.6. The predicted octanol–water partition coefficient (Wildman–Crippen LogP) is 4.22. The first-order valence-electron chi connectivity index (χ1n) is 22.3. The van der Waals surface area contributed by atoms with E-state index in [0.717, 1.165) is 32.1 Å². The van der Waals surface area contributed by atoms with Gasteiger partial charge in [0.25, 0.3) is 0 Å². The van der Waals surface area contributed by atoms with Crippen LogP contribution in [0.1, 0.15) is 154 Å². The highest BCUT2D eigenvalue weighted by molar-refractivity contribution is 5.84. The fraction of sp³-hybridized carbons (Fsp3) is 0.857. The molecule has 0 aliphatic heterocycles. The van der Waals surface area contributed by atoms with E-state index in [4.69, 9.17) is 35.0 Å². The number of carbonyl (C=O) groups is 6. The maximum absolute atomic E-state index is 12.2. The zero-order valence-corrected chi connectivity index (χ0v) is 36.2. The lowest BCUT2D eigenvalue weighted by molar-refractivity contribution is -0.142. The number of hydrazine groups is 1. The maximum atomic E-state index is 12.2. The van der Waals surface area contributed by atoms with E-state index in [1.807, 2.05) is 0 Å². The smallest absolute Gasteiger partial charge is 0.326 e. The molecule has 0 saturated carbocycles. The van der Waals surface area contributed by atoms with Crippen LogP contribution in [0, 0.1) is 0 Å². The Labute approximate surface area is 357 Å². The molecule has 0 fully saturated rings. The normalized spacial score (nSPS) is 12.2. The Morgan fingerprint density at radius 2 is 0.817 bits per heavy atom. The molecule has 0 unspecified atom stereocenters. The molecule has 350 valence electrons. The van der Waals surface area contributed by atoms with Crippen molar-refractivity contribution >= 4 is 35.6 Å². The van der Waals surface area contributed by atoms with E-state index in [9.17, 15) is 33.9 Å². The van der Waals surface area contributed by atoms with Gasteiger partial charge in [0, 0.05) is 38.8 Å². The van der Waals surface area contributed by atoms with Gasteiger partial charge in [-0.1, -0.05) is 89.9 Å². The van der Waals surface area contributed by atoms with Crippen LogP contribution in [0.4, 0.5) is 0 Å². The molecule has 0 aliphatic carbocycles. The van der Waals surface area contributed by atoms with Gasteiger partial charge in [-0.05, 0) is 38.5 Å². The number of ether oxygens (including phenoxy) is 4. The van der Waals surface area contributed by atoms with Gasteiger partial charge in [-0.15, -0.1) is 0 Å². The summed E-state index contributed by atoms with van der Waals surface area (Å²) in [5, 5.41) is 34.9. The van der Waals surface area contributed by atoms with E-state index < -0.39 is 35.9 Å². The number of amides is 3. The summed E-state index contributed by atoms with van der Waals surface area (Å²) in [6, 6.07) is -2.08. The minimum absolute atomic E-state index is 0.0517. The van der Waals surface area contributed by atoms with Crippen molar-refractivity contribution in [2.45, 2.75) is 166 Å². The molecule has 18 nitrogen and oxygen atoms in total. The van der Waals surface area contributed by atoms with Crippen LogP contribution in [-0.2, 0) is 47.7 Å². The summed E-state index contributed by atoms with van der Waals surface area (Å²) in [6.45, 7) is 3.33. The summed E-state index contributed by atoms with van der Waals surface area (Å²) < 4.78 is 21.8. The lowest BCUT2D eigenvalue weighted by Gasteiger charge is -2.15. The number of hydrogen-bond acceptors (Lipinski definition) is 12. The SMILES string of the molecule is NN[C@@H](CCCCNC(=O)CC[C@H](NC(=O)CCOCCOCCOCCOCCNC(=O)CCCCCCCCCCCCCCCCCCC(=O)O)C(=O)O)C(=O)O. The molecule has 0 aromatic carbocycles. The van der Waals surface area contributed by atoms with Gasteiger partial charge in [-0.3, -0.25) is 29.8 Å². The van der Waals surface area contributed by atoms with Crippen LogP contribution in [-0.4, -0.2) is 129 Å². The predicted molar refractivity (Wildman–Crippen MR) is 226 cm³/mol. The summed E-state index contributed by atoms with van der Waals surface area (Å²) in [7, 11) is 0. The van der Waals surface area contributed by atoms with Gasteiger partial charge >= 0.3 is 17.9 Å². The number of carboxylic acids is 3. The van der Waals surface area contributed by atoms with Gasteiger partial charge in [0.05, 0.1) is 52.9 Å². The van der Waals surface area contributed by atoms with Crippen LogP contribution >= 0.6 is 0 Å². The number of nitrogens with one attached hydrogen (secondary N) is 4. The fourth-order valence-electron chi connectivity index (χ4n) is 6.18. The standard InChI is InChI=1S/C42H79N5O13/c43-47-36(42(55)56)19-17-18-25-44-38(49)23-22-35(41(53)54)46-39(50)24-27-57-29-31-59-33-34-60-32-30-58-28-26-45-37(48)20-15-13-11-9-7-5-3-1-2-4-6-8-10-12-14-16-21-40(51)52/h35-36,47H,1-34,43H2,(H,44,49)(H,45,48)(H,46,50)(H,51,52)(H,53,54)(H,55,56)/t35-,36-/m0/s1. The van der Waals surface area contributed by atoms with Crippen molar-refractivity contribution in [2.75, 3.05) is 65.9 Å². The number of unbranched alkanes of at least 4 members (excludes halogenated alkanes) is 16. The fourth-order valence-corrected chi connectivity index (χ4v) is 6.18. The second kappa shape index (κ2) is 42.3. The van der Waals surface area contributed by atoms with E-state index in [0.29, 0.717) is 84.8 Å². The van der Waals surface area contributed by atoms with Gasteiger partial charge < -0.3 is 50.2 Å². The summed E-state index contributed by atoms with van der Waals surface area (Å²) in [5.41, 5.74) is 2.20. The van der Waals surface area contributed by atoms with Crippen molar-refractivity contribution in [3.63, 3.8) is 0 Å². The number of nitrogens with two attached hydrogens (primary N) is 1. The lowest BCUT2D eigenvalue weighted by atomic mass is 10.0. The first kappa shape index (κ1) is 56.6. The molecule has 0 heterocycles. The van der Waals surface area contributed by atoms with Crippen molar-refractivity contribution in [1.82, 2.24) is 21.4 Å². The average Bonchev–Trinajstić information content (AvgIpc) is 3.21.